The van der Waals surface area contributed by atoms with Crippen LogP contribution in [0.4, 0.5) is 35.9 Å². The lowest BCUT2D eigenvalue weighted by molar-refractivity contribution is -0.384. The maximum Gasteiger partial charge on any atom is 0.416 e. The number of alkyl halides is 3. The number of hydrogen-bond donors (Lipinski definition) is 1. The molecule has 1 fully saturated rings. The Morgan fingerprint density at radius 1 is 0.970 bits per heavy atom. The van der Waals surface area contributed by atoms with E-state index in [1.807, 2.05) is 4.90 Å². The van der Waals surface area contributed by atoms with Crippen molar-refractivity contribution in [1.29, 1.82) is 0 Å². The van der Waals surface area contributed by atoms with Gasteiger partial charge in [0.1, 0.15) is 5.69 Å². The van der Waals surface area contributed by atoms with Crippen LogP contribution in [0.3, 0.4) is 0 Å². The fourth-order valence-corrected chi connectivity index (χ4v) is 3.47. The molecule has 13 heteroatoms. The highest BCUT2D eigenvalue weighted by Crippen LogP contribution is 2.35. The zero-order chi connectivity index (χ0) is 24.2. The molecule has 2 aromatic rings. The number of benzene rings is 2. The molecule has 0 radical (unpaired) electrons. The summed E-state index contributed by atoms with van der Waals surface area (Å²) in [4.78, 5) is 36.6. The number of carbonyl (C=O) groups is 1. The Balaban J connectivity index is 1.51. The van der Waals surface area contributed by atoms with E-state index in [4.69, 9.17) is 0 Å². The number of rotatable bonds is 7. The Labute approximate surface area is 185 Å². The molecule has 0 bridgehead atoms. The smallest absolute Gasteiger partial charge is 0.379 e. The van der Waals surface area contributed by atoms with E-state index in [1.165, 1.54) is 12.1 Å². The van der Waals surface area contributed by atoms with E-state index in [0.29, 0.717) is 32.2 Å². The average Bonchev–Trinajstić information content (AvgIpc) is 2.78. The molecule has 0 aliphatic carbocycles. The molecular weight excluding hydrogens is 447 g/mol. The summed E-state index contributed by atoms with van der Waals surface area (Å²) in [6, 6.07) is 8.31. The van der Waals surface area contributed by atoms with Crippen molar-refractivity contribution in [1.82, 2.24) is 4.90 Å². The number of nitrogens with zero attached hydrogens (tertiary/aromatic N) is 4. The van der Waals surface area contributed by atoms with Crippen molar-refractivity contribution in [2.45, 2.75) is 12.6 Å². The van der Waals surface area contributed by atoms with Crippen LogP contribution in [0.1, 0.15) is 12.0 Å². The van der Waals surface area contributed by atoms with Crippen LogP contribution in [-0.4, -0.2) is 53.4 Å². The van der Waals surface area contributed by atoms with E-state index < -0.39 is 27.3 Å². The summed E-state index contributed by atoms with van der Waals surface area (Å²) in [7, 11) is 0. The van der Waals surface area contributed by atoms with Gasteiger partial charge in [-0.3, -0.25) is 25.0 Å². The van der Waals surface area contributed by atoms with Crippen LogP contribution in [0.2, 0.25) is 0 Å². The van der Waals surface area contributed by atoms with Gasteiger partial charge >= 0.3 is 6.18 Å². The molecule has 0 atom stereocenters. The molecule has 0 aromatic heterocycles. The van der Waals surface area contributed by atoms with Crippen LogP contribution in [0.15, 0.2) is 42.5 Å². The number of carbonyl (C=O) groups excluding carboxylic acids is 1. The van der Waals surface area contributed by atoms with Crippen LogP contribution >= 0.6 is 0 Å². The zero-order valence-corrected chi connectivity index (χ0v) is 17.2. The molecule has 1 aliphatic heterocycles. The van der Waals surface area contributed by atoms with E-state index in [1.54, 1.807) is 17.0 Å². The second-order valence-corrected chi connectivity index (χ2v) is 7.30. The molecule has 0 saturated carbocycles. The molecule has 10 nitrogen and oxygen atoms in total. The maximum absolute atomic E-state index is 12.8. The molecule has 33 heavy (non-hydrogen) atoms. The fraction of sp³-hybridized carbons (Fsp3) is 0.350. The van der Waals surface area contributed by atoms with Crippen molar-refractivity contribution in [3.05, 3.63) is 68.3 Å². The lowest BCUT2D eigenvalue weighted by Gasteiger charge is -2.36. The molecule has 1 N–H and O–H groups in total. The number of nitro benzene ring substituents is 2. The first-order chi connectivity index (χ1) is 15.6. The minimum atomic E-state index is -4.70. The van der Waals surface area contributed by atoms with Crippen molar-refractivity contribution >= 4 is 28.7 Å². The Morgan fingerprint density at radius 3 is 2.15 bits per heavy atom. The second kappa shape index (κ2) is 9.71. The summed E-state index contributed by atoms with van der Waals surface area (Å²) in [6.07, 6.45) is -4.69. The van der Waals surface area contributed by atoms with Crippen molar-refractivity contribution in [3.8, 4) is 0 Å². The van der Waals surface area contributed by atoms with Gasteiger partial charge in [0.05, 0.1) is 15.4 Å². The minimum absolute atomic E-state index is 0.00616. The predicted molar refractivity (Wildman–Crippen MR) is 113 cm³/mol. The van der Waals surface area contributed by atoms with E-state index in [0.717, 1.165) is 17.8 Å². The van der Waals surface area contributed by atoms with Crippen molar-refractivity contribution in [3.63, 3.8) is 0 Å². The first-order valence-corrected chi connectivity index (χ1v) is 9.93. The summed E-state index contributed by atoms with van der Waals surface area (Å²) in [6.45, 7) is 1.93. The van der Waals surface area contributed by atoms with Gasteiger partial charge < -0.3 is 15.1 Å². The normalized spacial score (nSPS) is 14.2. The van der Waals surface area contributed by atoms with E-state index in [-0.39, 0.29) is 30.2 Å². The van der Waals surface area contributed by atoms with Gasteiger partial charge in [-0.15, -0.1) is 0 Å². The average molecular weight is 467 g/mol. The summed E-state index contributed by atoms with van der Waals surface area (Å²) in [5.41, 5.74) is -1.13. The molecule has 1 amide bonds. The fourth-order valence-electron chi connectivity index (χ4n) is 3.47. The molecule has 176 valence electrons. The van der Waals surface area contributed by atoms with Crippen LogP contribution in [0.5, 0.6) is 0 Å². The van der Waals surface area contributed by atoms with E-state index in [2.05, 4.69) is 5.32 Å². The van der Waals surface area contributed by atoms with Crippen molar-refractivity contribution in [2.24, 2.45) is 0 Å². The topological polar surface area (TPSA) is 122 Å². The highest BCUT2D eigenvalue weighted by Gasteiger charge is 2.33. The van der Waals surface area contributed by atoms with Crippen molar-refractivity contribution < 1.29 is 27.8 Å². The maximum atomic E-state index is 12.8. The second-order valence-electron chi connectivity index (χ2n) is 7.30. The van der Waals surface area contributed by atoms with Gasteiger partial charge in [-0.1, -0.05) is 0 Å². The summed E-state index contributed by atoms with van der Waals surface area (Å²) >= 11 is 0. The molecule has 2 aromatic carbocycles. The molecule has 1 saturated heterocycles. The third-order valence-electron chi connectivity index (χ3n) is 5.23. The van der Waals surface area contributed by atoms with E-state index in [9.17, 15) is 38.2 Å². The monoisotopic (exact) mass is 467 g/mol. The number of anilines is 2. The summed E-state index contributed by atoms with van der Waals surface area (Å²) in [5, 5.41) is 24.6. The van der Waals surface area contributed by atoms with Crippen LogP contribution < -0.4 is 10.2 Å². The molecular formula is C20H20F3N5O5. The molecule has 1 heterocycles. The standard InChI is InChI=1S/C20H20F3N5O5/c21-20(22,23)14-1-6-17(18(13-14)28(32)33)24-8-7-19(29)26-11-9-25(10-12-26)15-2-4-16(5-3-15)27(30)31/h1-6,13,24H,7-12H2. The van der Waals surface area contributed by atoms with Crippen LogP contribution in [0, 0.1) is 20.2 Å². The highest BCUT2D eigenvalue weighted by atomic mass is 19.4. The van der Waals surface area contributed by atoms with Gasteiger partial charge in [-0.05, 0) is 24.3 Å². The van der Waals surface area contributed by atoms with Crippen molar-refractivity contribution in [2.75, 3.05) is 42.9 Å². The molecule has 3 rings (SSSR count). The van der Waals surface area contributed by atoms with E-state index >= 15 is 0 Å². The number of non-ortho nitro benzene ring substituents is 1. The largest absolute Gasteiger partial charge is 0.416 e. The SMILES string of the molecule is O=C(CCNc1ccc(C(F)(F)F)cc1[N+](=O)[O-])N1CCN(c2ccc([N+](=O)[O-])cc2)CC1. The molecule has 0 unspecified atom stereocenters. The first-order valence-electron chi connectivity index (χ1n) is 9.93. The zero-order valence-electron chi connectivity index (χ0n) is 17.2. The van der Waals surface area contributed by atoms with Crippen LogP contribution in [-0.2, 0) is 11.0 Å². The lowest BCUT2D eigenvalue weighted by atomic mass is 10.1. The summed E-state index contributed by atoms with van der Waals surface area (Å²) < 4.78 is 38.4. The quantitative estimate of drug-likeness (QED) is 0.487. The number of amides is 1. The predicted octanol–water partition coefficient (Wildman–Crippen LogP) is 3.67. The van der Waals surface area contributed by atoms with Gasteiger partial charge in [0.25, 0.3) is 11.4 Å². The Hall–Kier alpha value is -3.90. The molecule has 1 aliphatic rings. The minimum Gasteiger partial charge on any atom is -0.379 e. The third kappa shape index (κ3) is 5.87. The Morgan fingerprint density at radius 2 is 1.61 bits per heavy atom. The van der Waals surface area contributed by atoms with Gasteiger partial charge in [-0.25, -0.2) is 0 Å². The number of nitrogens with one attached hydrogen (secondary N) is 1. The number of piperazine rings is 1. The highest BCUT2D eigenvalue weighted by molar-refractivity contribution is 5.77. The number of nitro groups is 2. The Bertz CT molecular complexity index is 1040. The van der Waals surface area contributed by atoms with Gasteiger partial charge in [-0.2, -0.15) is 13.2 Å². The van der Waals surface area contributed by atoms with Crippen LogP contribution in [0.25, 0.3) is 0 Å². The summed E-state index contributed by atoms with van der Waals surface area (Å²) in [5.74, 6) is -0.194. The Kier molecular flexibility index (Phi) is 6.99. The molecule has 0 spiro atoms. The van der Waals surface area contributed by atoms with Gasteiger partial charge in [0.2, 0.25) is 5.91 Å². The number of hydrogen-bond acceptors (Lipinski definition) is 7. The number of halogens is 3. The van der Waals surface area contributed by atoms with Gasteiger partial charge in [0.15, 0.2) is 0 Å². The third-order valence-corrected chi connectivity index (χ3v) is 5.23. The first kappa shape index (κ1) is 23.8. The lowest BCUT2D eigenvalue weighted by Crippen LogP contribution is -2.49. The van der Waals surface area contributed by atoms with Gasteiger partial charge in [0, 0.05) is 63.0 Å².